The van der Waals surface area contributed by atoms with Crippen molar-refractivity contribution in [2.45, 2.75) is 45.3 Å². The average Bonchev–Trinajstić information content (AvgIpc) is 2.58. The van der Waals surface area contributed by atoms with Crippen LogP contribution < -0.4 is 27.0 Å². The number of carbonyl (C=O) groups excluding carboxylic acids is 3. The highest BCUT2D eigenvalue weighted by atomic mass is 16.4. The zero-order chi connectivity index (χ0) is 21.9. The molecule has 3 atom stereocenters. The molecule has 0 saturated heterocycles. The predicted octanol–water partition coefficient (Wildman–Crippen LogP) is -2.78. The quantitative estimate of drug-likeness (QED) is 0.159. The molecule has 0 aliphatic rings. The average molecular weight is 403 g/mol. The summed E-state index contributed by atoms with van der Waals surface area (Å²) in [7, 11) is 0. The molecular weight excluding hydrogens is 374 g/mol. The van der Waals surface area contributed by atoms with Crippen LogP contribution in [0, 0.1) is 5.92 Å². The van der Waals surface area contributed by atoms with Gasteiger partial charge in [0, 0.05) is 13.1 Å². The molecule has 0 aliphatic heterocycles. The SMILES string of the molecule is CC(C)[C@H](NC(=O)CNCCN)C(=O)N[C@@H](C)C(=O)N[C@@H](CC(=O)O)C(=O)O. The van der Waals surface area contributed by atoms with E-state index in [-0.39, 0.29) is 12.5 Å². The van der Waals surface area contributed by atoms with E-state index in [1.165, 1.54) is 6.92 Å². The van der Waals surface area contributed by atoms with Crippen LogP contribution in [0.3, 0.4) is 0 Å². The van der Waals surface area contributed by atoms with Gasteiger partial charge in [-0.15, -0.1) is 0 Å². The topological polar surface area (TPSA) is 200 Å². The van der Waals surface area contributed by atoms with Gasteiger partial charge in [0.1, 0.15) is 18.1 Å². The second-order valence-corrected chi connectivity index (χ2v) is 6.48. The predicted molar refractivity (Wildman–Crippen MR) is 98.1 cm³/mol. The molecule has 0 aliphatic carbocycles. The number of amides is 3. The summed E-state index contributed by atoms with van der Waals surface area (Å²) in [5.74, 6) is -5.10. The Morgan fingerprint density at radius 2 is 1.54 bits per heavy atom. The van der Waals surface area contributed by atoms with Crippen LogP contribution >= 0.6 is 0 Å². The van der Waals surface area contributed by atoms with E-state index >= 15 is 0 Å². The number of nitrogens with two attached hydrogens (primary N) is 1. The number of nitrogens with one attached hydrogen (secondary N) is 4. The van der Waals surface area contributed by atoms with Crippen molar-refractivity contribution in [1.29, 1.82) is 0 Å². The van der Waals surface area contributed by atoms with Crippen molar-refractivity contribution in [3.05, 3.63) is 0 Å². The van der Waals surface area contributed by atoms with Crippen LogP contribution in [0.5, 0.6) is 0 Å². The third kappa shape index (κ3) is 9.83. The van der Waals surface area contributed by atoms with Crippen molar-refractivity contribution < 1.29 is 34.2 Å². The van der Waals surface area contributed by atoms with Crippen LogP contribution in [0.1, 0.15) is 27.2 Å². The normalized spacial score (nSPS) is 13.9. The molecule has 0 fully saturated rings. The molecule has 160 valence electrons. The molecule has 0 heterocycles. The van der Waals surface area contributed by atoms with E-state index in [0.717, 1.165) is 0 Å². The summed E-state index contributed by atoms with van der Waals surface area (Å²) >= 11 is 0. The molecule has 0 rings (SSSR count). The smallest absolute Gasteiger partial charge is 0.326 e. The first-order valence-corrected chi connectivity index (χ1v) is 8.75. The molecule has 0 saturated carbocycles. The highest BCUT2D eigenvalue weighted by Crippen LogP contribution is 2.03. The van der Waals surface area contributed by atoms with Gasteiger partial charge >= 0.3 is 11.9 Å². The Bertz CT molecular complexity index is 582. The maximum absolute atomic E-state index is 12.4. The minimum absolute atomic E-state index is 0.0286. The van der Waals surface area contributed by atoms with E-state index in [2.05, 4.69) is 21.3 Å². The first-order chi connectivity index (χ1) is 13.0. The van der Waals surface area contributed by atoms with E-state index in [4.69, 9.17) is 15.9 Å². The van der Waals surface area contributed by atoms with E-state index in [1.807, 2.05) is 0 Å². The Hall–Kier alpha value is -2.73. The van der Waals surface area contributed by atoms with Crippen LogP contribution in [-0.2, 0) is 24.0 Å². The lowest BCUT2D eigenvalue weighted by Gasteiger charge is -2.24. The monoisotopic (exact) mass is 403 g/mol. The molecule has 28 heavy (non-hydrogen) atoms. The van der Waals surface area contributed by atoms with Crippen molar-refractivity contribution in [1.82, 2.24) is 21.3 Å². The Kier molecular flexibility index (Phi) is 11.4. The molecule has 0 aromatic heterocycles. The molecule has 12 nitrogen and oxygen atoms in total. The van der Waals surface area contributed by atoms with Crippen molar-refractivity contribution in [3.63, 3.8) is 0 Å². The first kappa shape index (κ1) is 25.3. The van der Waals surface area contributed by atoms with Crippen LogP contribution in [0.15, 0.2) is 0 Å². The zero-order valence-electron chi connectivity index (χ0n) is 16.2. The maximum atomic E-state index is 12.4. The van der Waals surface area contributed by atoms with Gasteiger partial charge in [-0.25, -0.2) is 4.79 Å². The fourth-order valence-electron chi connectivity index (χ4n) is 2.10. The van der Waals surface area contributed by atoms with Crippen molar-refractivity contribution in [2.75, 3.05) is 19.6 Å². The number of hydrogen-bond acceptors (Lipinski definition) is 7. The van der Waals surface area contributed by atoms with E-state index in [9.17, 15) is 24.0 Å². The van der Waals surface area contributed by atoms with Crippen LogP contribution in [0.2, 0.25) is 0 Å². The molecule has 12 heteroatoms. The minimum Gasteiger partial charge on any atom is -0.481 e. The van der Waals surface area contributed by atoms with Crippen LogP contribution in [-0.4, -0.2) is 77.6 Å². The third-order valence-corrected chi connectivity index (χ3v) is 3.62. The summed E-state index contributed by atoms with van der Waals surface area (Å²) in [5, 5.41) is 27.4. The Labute approximate surface area is 162 Å². The number of rotatable bonds is 13. The van der Waals surface area contributed by atoms with Gasteiger partial charge in [-0.2, -0.15) is 0 Å². The standard InChI is InChI=1S/C16H29N5O7/c1-8(2)13(21-11(22)7-18-5-4-17)15(26)19-9(3)14(25)20-10(16(27)28)6-12(23)24/h8-10,13,18H,4-7,17H2,1-3H3,(H,19,26)(H,20,25)(H,21,22)(H,23,24)(H,27,28)/t9-,10-,13-/m0/s1. The Morgan fingerprint density at radius 3 is 2.00 bits per heavy atom. The molecule has 0 aromatic rings. The lowest BCUT2D eigenvalue weighted by molar-refractivity contribution is -0.147. The zero-order valence-corrected chi connectivity index (χ0v) is 16.2. The maximum Gasteiger partial charge on any atom is 0.326 e. The summed E-state index contributed by atoms with van der Waals surface area (Å²) in [6.07, 6.45) is -0.803. The lowest BCUT2D eigenvalue weighted by Crippen LogP contribution is -2.56. The highest BCUT2D eigenvalue weighted by molar-refractivity contribution is 5.94. The number of carboxylic acid groups (broad SMARTS) is 2. The van der Waals surface area contributed by atoms with Crippen molar-refractivity contribution in [3.8, 4) is 0 Å². The summed E-state index contributed by atoms with van der Waals surface area (Å²) < 4.78 is 0. The van der Waals surface area contributed by atoms with E-state index < -0.39 is 54.2 Å². The van der Waals surface area contributed by atoms with Crippen LogP contribution in [0.25, 0.3) is 0 Å². The van der Waals surface area contributed by atoms with Gasteiger partial charge in [0.05, 0.1) is 13.0 Å². The Morgan fingerprint density at radius 1 is 0.929 bits per heavy atom. The fourth-order valence-corrected chi connectivity index (χ4v) is 2.10. The van der Waals surface area contributed by atoms with Gasteiger partial charge in [-0.05, 0) is 12.8 Å². The Balaban J connectivity index is 4.83. The minimum atomic E-state index is -1.63. The van der Waals surface area contributed by atoms with Crippen molar-refractivity contribution in [2.24, 2.45) is 11.7 Å². The first-order valence-electron chi connectivity index (χ1n) is 8.75. The number of carboxylic acids is 2. The number of aliphatic carboxylic acids is 2. The number of carbonyl (C=O) groups is 5. The summed E-state index contributed by atoms with van der Waals surface area (Å²) in [5.41, 5.74) is 5.31. The second-order valence-electron chi connectivity index (χ2n) is 6.48. The van der Waals surface area contributed by atoms with Gasteiger partial charge < -0.3 is 37.2 Å². The molecule has 0 aromatic carbocycles. The van der Waals surface area contributed by atoms with E-state index in [0.29, 0.717) is 13.1 Å². The number of hydrogen-bond donors (Lipinski definition) is 7. The molecule has 0 bridgehead atoms. The second kappa shape index (κ2) is 12.6. The molecule has 3 amide bonds. The molecule has 0 spiro atoms. The van der Waals surface area contributed by atoms with Gasteiger partial charge in [-0.1, -0.05) is 13.8 Å². The summed E-state index contributed by atoms with van der Waals surface area (Å²) in [6.45, 7) is 5.48. The lowest BCUT2D eigenvalue weighted by atomic mass is 10.0. The molecule has 0 radical (unpaired) electrons. The van der Waals surface area contributed by atoms with Gasteiger partial charge in [-0.3, -0.25) is 19.2 Å². The summed E-state index contributed by atoms with van der Waals surface area (Å²) in [4.78, 5) is 58.0. The third-order valence-electron chi connectivity index (χ3n) is 3.62. The van der Waals surface area contributed by atoms with Crippen LogP contribution in [0.4, 0.5) is 0 Å². The molecule has 0 unspecified atom stereocenters. The van der Waals surface area contributed by atoms with Gasteiger partial charge in [0.25, 0.3) is 0 Å². The van der Waals surface area contributed by atoms with Crippen molar-refractivity contribution >= 4 is 29.7 Å². The van der Waals surface area contributed by atoms with E-state index in [1.54, 1.807) is 13.8 Å². The molecule has 8 N–H and O–H groups in total. The largest absolute Gasteiger partial charge is 0.481 e. The van der Waals surface area contributed by atoms with Gasteiger partial charge in [0.15, 0.2) is 0 Å². The molecular formula is C16H29N5O7. The fraction of sp³-hybridized carbons (Fsp3) is 0.688. The van der Waals surface area contributed by atoms with Gasteiger partial charge in [0.2, 0.25) is 17.7 Å². The highest BCUT2D eigenvalue weighted by Gasteiger charge is 2.29. The summed E-state index contributed by atoms with van der Waals surface area (Å²) in [6, 6.07) is -3.69.